The standard InChI is InChI=1S/C13H17N3O5/c1-13(9-4-3-6-21-9)11(18)16(12(19)15-13)8-10(17)14-5-7-20-2/h3-4,6H,5,7-8H2,1-2H3,(H,14,17)(H,15,19). The quantitative estimate of drug-likeness (QED) is 0.559. The van der Waals surface area contributed by atoms with E-state index >= 15 is 0 Å². The molecule has 114 valence electrons. The van der Waals surface area contributed by atoms with Crippen molar-refractivity contribution in [2.45, 2.75) is 12.5 Å². The van der Waals surface area contributed by atoms with Crippen LogP contribution in [0, 0.1) is 0 Å². The fourth-order valence-corrected chi connectivity index (χ4v) is 2.06. The molecule has 1 aromatic heterocycles. The van der Waals surface area contributed by atoms with Crippen molar-refractivity contribution >= 4 is 17.8 Å². The Balaban J connectivity index is 2.04. The number of furan rings is 1. The number of hydrogen-bond acceptors (Lipinski definition) is 5. The van der Waals surface area contributed by atoms with E-state index in [0.717, 1.165) is 4.90 Å². The second kappa shape index (κ2) is 5.96. The van der Waals surface area contributed by atoms with Gasteiger partial charge in [-0.2, -0.15) is 0 Å². The molecule has 1 saturated heterocycles. The van der Waals surface area contributed by atoms with Crippen LogP contribution in [0.3, 0.4) is 0 Å². The van der Waals surface area contributed by atoms with Crippen LogP contribution in [-0.4, -0.2) is 49.6 Å². The third-order valence-corrected chi connectivity index (χ3v) is 3.22. The molecule has 4 amide bonds. The molecule has 1 aromatic rings. The first-order valence-corrected chi connectivity index (χ1v) is 6.43. The Morgan fingerprint density at radius 1 is 1.52 bits per heavy atom. The van der Waals surface area contributed by atoms with E-state index in [1.54, 1.807) is 12.1 Å². The number of methoxy groups -OCH3 is 1. The first-order chi connectivity index (χ1) is 9.99. The molecular weight excluding hydrogens is 278 g/mol. The molecule has 2 heterocycles. The minimum absolute atomic E-state index is 0.314. The monoisotopic (exact) mass is 295 g/mol. The van der Waals surface area contributed by atoms with Crippen LogP contribution in [0.2, 0.25) is 0 Å². The molecule has 0 aliphatic carbocycles. The number of urea groups is 1. The molecule has 1 aliphatic rings. The topological polar surface area (TPSA) is 101 Å². The summed E-state index contributed by atoms with van der Waals surface area (Å²) >= 11 is 0. The number of carbonyl (C=O) groups is 3. The summed E-state index contributed by atoms with van der Waals surface area (Å²) < 4.78 is 9.99. The van der Waals surface area contributed by atoms with Gasteiger partial charge in [-0.3, -0.25) is 14.5 Å². The summed E-state index contributed by atoms with van der Waals surface area (Å²) in [5.41, 5.74) is -1.28. The first kappa shape index (κ1) is 15.0. The SMILES string of the molecule is COCCNC(=O)CN1C(=O)NC(C)(c2ccco2)C1=O. The van der Waals surface area contributed by atoms with Gasteiger partial charge in [0.25, 0.3) is 5.91 Å². The lowest BCUT2D eigenvalue weighted by molar-refractivity contribution is -0.135. The number of nitrogens with zero attached hydrogens (tertiary/aromatic N) is 1. The average molecular weight is 295 g/mol. The Labute approximate surface area is 121 Å². The second-order valence-electron chi connectivity index (χ2n) is 4.77. The largest absolute Gasteiger partial charge is 0.466 e. The Morgan fingerprint density at radius 3 is 2.90 bits per heavy atom. The summed E-state index contributed by atoms with van der Waals surface area (Å²) in [5, 5.41) is 5.10. The van der Waals surface area contributed by atoms with Crippen molar-refractivity contribution in [2.24, 2.45) is 0 Å². The van der Waals surface area contributed by atoms with Gasteiger partial charge in [0, 0.05) is 13.7 Å². The van der Waals surface area contributed by atoms with Gasteiger partial charge in [0.2, 0.25) is 5.91 Å². The maximum absolute atomic E-state index is 12.4. The summed E-state index contributed by atoms with van der Waals surface area (Å²) in [6, 6.07) is 2.60. The van der Waals surface area contributed by atoms with Gasteiger partial charge < -0.3 is 19.8 Å². The zero-order valence-electron chi connectivity index (χ0n) is 11.8. The van der Waals surface area contributed by atoms with Crippen molar-refractivity contribution in [3.05, 3.63) is 24.2 Å². The maximum atomic E-state index is 12.4. The van der Waals surface area contributed by atoms with E-state index in [9.17, 15) is 14.4 Å². The molecule has 0 saturated carbocycles. The number of ether oxygens (including phenoxy) is 1. The van der Waals surface area contributed by atoms with Gasteiger partial charge in [-0.1, -0.05) is 0 Å². The van der Waals surface area contributed by atoms with E-state index in [-0.39, 0.29) is 6.54 Å². The van der Waals surface area contributed by atoms with Gasteiger partial charge in [-0.25, -0.2) is 4.79 Å². The third kappa shape index (κ3) is 2.89. The number of nitrogens with one attached hydrogen (secondary N) is 2. The average Bonchev–Trinajstić information content (AvgIpc) is 3.04. The van der Waals surface area contributed by atoms with Gasteiger partial charge in [0.15, 0.2) is 5.54 Å². The van der Waals surface area contributed by atoms with E-state index in [0.29, 0.717) is 18.9 Å². The molecular formula is C13H17N3O5. The predicted molar refractivity (Wildman–Crippen MR) is 71.2 cm³/mol. The maximum Gasteiger partial charge on any atom is 0.325 e. The van der Waals surface area contributed by atoms with Gasteiger partial charge in [0.1, 0.15) is 12.3 Å². The van der Waals surface area contributed by atoms with Gasteiger partial charge in [0.05, 0.1) is 12.9 Å². The molecule has 0 aromatic carbocycles. The highest BCUT2D eigenvalue weighted by atomic mass is 16.5. The van der Waals surface area contributed by atoms with E-state index in [2.05, 4.69) is 10.6 Å². The van der Waals surface area contributed by atoms with Crippen LogP contribution in [0.1, 0.15) is 12.7 Å². The molecule has 1 unspecified atom stereocenters. The lowest BCUT2D eigenvalue weighted by Crippen LogP contribution is -2.43. The molecule has 21 heavy (non-hydrogen) atoms. The summed E-state index contributed by atoms with van der Waals surface area (Å²) in [4.78, 5) is 36.9. The minimum atomic E-state index is -1.28. The smallest absolute Gasteiger partial charge is 0.325 e. The van der Waals surface area contributed by atoms with Crippen molar-refractivity contribution < 1.29 is 23.5 Å². The Bertz CT molecular complexity index is 542. The van der Waals surface area contributed by atoms with Crippen LogP contribution in [0.25, 0.3) is 0 Å². The normalized spacial score (nSPS) is 21.5. The Morgan fingerprint density at radius 2 is 2.29 bits per heavy atom. The summed E-state index contributed by atoms with van der Waals surface area (Å²) in [6.07, 6.45) is 1.42. The molecule has 8 nitrogen and oxygen atoms in total. The van der Waals surface area contributed by atoms with Crippen molar-refractivity contribution in [3.8, 4) is 0 Å². The number of amides is 4. The zero-order chi connectivity index (χ0) is 15.5. The Hall–Kier alpha value is -2.35. The predicted octanol–water partition coefficient (Wildman–Crippen LogP) is -0.191. The zero-order valence-corrected chi connectivity index (χ0v) is 11.8. The number of hydrogen-bond donors (Lipinski definition) is 2. The van der Waals surface area contributed by atoms with Crippen LogP contribution >= 0.6 is 0 Å². The second-order valence-corrected chi connectivity index (χ2v) is 4.77. The number of carbonyl (C=O) groups excluding carboxylic acids is 3. The van der Waals surface area contributed by atoms with Gasteiger partial charge in [-0.05, 0) is 19.1 Å². The molecule has 0 bridgehead atoms. The molecule has 2 N–H and O–H groups in total. The highest BCUT2D eigenvalue weighted by Crippen LogP contribution is 2.28. The van der Waals surface area contributed by atoms with E-state index in [1.165, 1.54) is 20.3 Å². The molecule has 8 heteroatoms. The fraction of sp³-hybridized carbons (Fsp3) is 0.462. The van der Waals surface area contributed by atoms with Gasteiger partial charge >= 0.3 is 6.03 Å². The molecule has 1 aliphatic heterocycles. The Kier molecular flexibility index (Phi) is 4.27. The summed E-state index contributed by atoms with van der Waals surface area (Å²) in [5.74, 6) is -0.633. The lowest BCUT2D eigenvalue weighted by Gasteiger charge is -2.18. The fourth-order valence-electron chi connectivity index (χ4n) is 2.06. The summed E-state index contributed by atoms with van der Waals surface area (Å²) in [6.45, 7) is 1.87. The molecule has 0 radical (unpaired) electrons. The van der Waals surface area contributed by atoms with E-state index < -0.39 is 23.4 Å². The number of rotatable bonds is 6. The summed E-state index contributed by atoms with van der Waals surface area (Å²) in [7, 11) is 1.51. The molecule has 1 atom stereocenters. The van der Waals surface area contributed by atoms with E-state index in [1.807, 2.05) is 0 Å². The van der Waals surface area contributed by atoms with Crippen LogP contribution in [0.4, 0.5) is 4.79 Å². The highest BCUT2D eigenvalue weighted by molar-refractivity contribution is 6.08. The molecule has 0 spiro atoms. The van der Waals surface area contributed by atoms with Crippen molar-refractivity contribution in [1.29, 1.82) is 0 Å². The van der Waals surface area contributed by atoms with Crippen LogP contribution in [0.5, 0.6) is 0 Å². The van der Waals surface area contributed by atoms with E-state index in [4.69, 9.17) is 9.15 Å². The van der Waals surface area contributed by atoms with Crippen molar-refractivity contribution in [2.75, 3.05) is 26.8 Å². The van der Waals surface area contributed by atoms with Crippen molar-refractivity contribution in [1.82, 2.24) is 15.5 Å². The van der Waals surface area contributed by atoms with Gasteiger partial charge in [-0.15, -0.1) is 0 Å². The first-order valence-electron chi connectivity index (χ1n) is 6.43. The number of imide groups is 1. The molecule has 1 fully saturated rings. The third-order valence-electron chi connectivity index (χ3n) is 3.22. The van der Waals surface area contributed by atoms with Crippen LogP contribution < -0.4 is 10.6 Å². The van der Waals surface area contributed by atoms with Crippen LogP contribution in [-0.2, 0) is 19.9 Å². The highest BCUT2D eigenvalue weighted by Gasteiger charge is 2.51. The van der Waals surface area contributed by atoms with Crippen molar-refractivity contribution in [3.63, 3.8) is 0 Å². The molecule has 2 rings (SSSR count). The lowest BCUT2D eigenvalue weighted by atomic mass is 9.99. The van der Waals surface area contributed by atoms with Crippen LogP contribution in [0.15, 0.2) is 22.8 Å². The minimum Gasteiger partial charge on any atom is -0.466 e.